The lowest BCUT2D eigenvalue weighted by atomic mass is 10.2. The van der Waals surface area contributed by atoms with Gasteiger partial charge in [0.05, 0.1) is 37.2 Å². The Balaban J connectivity index is 2.17. The summed E-state index contributed by atoms with van der Waals surface area (Å²) in [5.41, 5.74) is 1.11. The molecule has 2 aromatic rings. The Morgan fingerprint density at radius 3 is 2.23 bits per heavy atom. The minimum absolute atomic E-state index is 0.229. The summed E-state index contributed by atoms with van der Waals surface area (Å²) in [6, 6.07) is 8.81. The van der Waals surface area contributed by atoms with E-state index in [9.17, 15) is 9.59 Å². The Kier molecular flexibility index (Phi) is 6.27. The second kappa shape index (κ2) is 8.42. The topological polar surface area (TPSA) is 81.6 Å². The van der Waals surface area contributed by atoms with E-state index in [1.54, 1.807) is 18.3 Å². The van der Waals surface area contributed by atoms with E-state index >= 15 is 0 Å². The van der Waals surface area contributed by atoms with Gasteiger partial charge in [0.1, 0.15) is 5.60 Å². The number of esters is 1. The molecular formula is C19H23N3O4. The van der Waals surface area contributed by atoms with Crippen molar-refractivity contribution in [2.45, 2.75) is 39.5 Å². The molecule has 0 spiro atoms. The van der Waals surface area contributed by atoms with Crippen molar-refractivity contribution in [2.24, 2.45) is 0 Å². The highest BCUT2D eigenvalue weighted by Crippen LogP contribution is 2.14. The molecule has 2 rings (SSSR count). The molecule has 0 radical (unpaired) electrons. The molecule has 0 saturated carbocycles. The van der Waals surface area contributed by atoms with Gasteiger partial charge in [-0.05, 0) is 45.0 Å². The standard InChI is InChI=1S/C19H23N3O4/c1-19(2,3)26-18(24)22(12-15-7-5-6-10-20-15)13-16-9-8-14(11-21-16)17(23)25-4/h5-11H,12-13H2,1-4H3. The van der Waals surface area contributed by atoms with Gasteiger partial charge >= 0.3 is 12.1 Å². The molecule has 0 unspecified atom stereocenters. The van der Waals surface area contributed by atoms with Crippen molar-refractivity contribution < 1.29 is 19.1 Å². The molecule has 0 N–H and O–H groups in total. The van der Waals surface area contributed by atoms with Gasteiger partial charge in [-0.25, -0.2) is 9.59 Å². The maximum absolute atomic E-state index is 12.6. The van der Waals surface area contributed by atoms with E-state index in [1.165, 1.54) is 18.2 Å². The van der Waals surface area contributed by atoms with Crippen LogP contribution in [0.4, 0.5) is 4.79 Å². The van der Waals surface area contributed by atoms with Crippen LogP contribution in [-0.2, 0) is 22.6 Å². The molecule has 0 aliphatic heterocycles. The van der Waals surface area contributed by atoms with Crippen molar-refractivity contribution in [1.29, 1.82) is 0 Å². The summed E-state index contributed by atoms with van der Waals surface area (Å²) in [4.78, 5) is 34.1. The van der Waals surface area contributed by atoms with Crippen LogP contribution in [0.2, 0.25) is 0 Å². The van der Waals surface area contributed by atoms with E-state index < -0.39 is 17.7 Å². The third-order valence-electron chi connectivity index (χ3n) is 3.33. The van der Waals surface area contributed by atoms with E-state index in [0.717, 1.165) is 5.69 Å². The zero-order chi connectivity index (χ0) is 19.2. The average molecular weight is 357 g/mol. The Bertz CT molecular complexity index is 740. The number of hydrogen-bond acceptors (Lipinski definition) is 6. The first-order chi connectivity index (χ1) is 12.3. The first-order valence-corrected chi connectivity index (χ1v) is 8.19. The normalized spacial score (nSPS) is 10.9. The van der Waals surface area contributed by atoms with Crippen molar-refractivity contribution in [3.63, 3.8) is 0 Å². The van der Waals surface area contributed by atoms with Gasteiger partial charge in [-0.1, -0.05) is 6.07 Å². The largest absolute Gasteiger partial charge is 0.465 e. The van der Waals surface area contributed by atoms with Gasteiger partial charge < -0.3 is 9.47 Å². The number of aromatic nitrogens is 2. The van der Waals surface area contributed by atoms with Gasteiger partial charge in [-0.3, -0.25) is 14.9 Å². The van der Waals surface area contributed by atoms with Crippen LogP contribution >= 0.6 is 0 Å². The number of carbonyl (C=O) groups excluding carboxylic acids is 2. The first kappa shape index (κ1) is 19.4. The second-order valence-electron chi connectivity index (χ2n) is 6.69. The SMILES string of the molecule is COC(=O)c1ccc(CN(Cc2ccccn2)C(=O)OC(C)(C)C)nc1. The van der Waals surface area contributed by atoms with Gasteiger partial charge in [0.2, 0.25) is 0 Å². The average Bonchev–Trinajstić information content (AvgIpc) is 2.60. The maximum Gasteiger partial charge on any atom is 0.410 e. The highest BCUT2D eigenvalue weighted by Gasteiger charge is 2.23. The molecule has 138 valence electrons. The molecule has 7 nitrogen and oxygen atoms in total. The summed E-state index contributed by atoms with van der Waals surface area (Å²) in [6.45, 7) is 5.96. The van der Waals surface area contributed by atoms with Crippen LogP contribution in [0.1, 0.15) is 42.5 Å². The van der Waals surface area contributed by atoms with E-state index in [0.29, 0.717) is 11.3 Å². The molecule has 7 heteroatoms. The molecule has 1 amide bonds. The lowest BCUT2D eigenvalue weighted by Gasteiger charge is -2.27. The monoisotopic (exact) mass is 357 g/mol. The molecule has 0 fully saturated rings. The van der Waals surface area contributed by atoms with Crippen molar-refractivity contribution in [2.75, 3.05) is 7.11 Å². The van der Waals surface area contributed by atoms with Gasteiger partial charge in [-0.15, -0.1) is 0 Å². The molecule has 0 aliphatic carbocycles. The number of nitrogens with zero attached hydrogens (tertiary/aromatic N) is 3. The third kappa shape index (κ3) is 5.84. The van der Waals surface area contributed by atoms with E-state index in [1.807, 2.05) is 39.0 Å². The highest BCUT2D eigenvalue weighted by atomic mass is 16.6. The van der Waals surface area contributed by atoms with Crippen LogP contribution in [0.3, 0.4) is 0 Å². The Labute approximate surface area is 153 Å². The molecule has 2 aromatic heterocycles. The molecular weight excluding hydrogens is 334 g/mol. The summed E-state index contributed by atoms with van der Waals surface area (Å²) >= 11 is 0. The highest BCUT2D eigenvalue weighted by molar-refractivity contribution is 5.88. The van der Waals surface area contributed by atoms with Gasteiger partial charge in [0.15, 0.2) is 0 Å². The predicted octanol–water partition coefficient (Wildman–Crippen LogP) is 3.20. The molecule has 0 atom stereocenters. The molecule has 0 bridgehead atoms. The number of ether oxygens (including phenoxy) is 2. The predicted molar refractivity (Wildman–Crippen MR) is 95.3 cm³/mol. The fourth-order valence-corrected chi connectivity index (χ4v) is 2.15. The van der Waals surface area contributed by atoms with Crippen LogP contribution < -0.4 is 0 Å². The fourth-order valence-electron chi connectivity index (χ4n) is 2.15. The lowest BCUT2D eigenvalue weighted by Crippen LogP contribution is -2.36. The van der Waals surface area contributed by atoms with Crippen molar-refractivity contribution in [1.82, 2.24) is 14.9 Å². The molecule has 0 aliphatic rings. The zero-order valence-corrected chi connectivity index (χ0v) is 15.4. The Morgan fingerprint density at radius 2 is 1.73 bits per heavy atom. The third-order valence-corrected chi connectivity index (χ3v) is 3.33. The van der Waals surface area contributed by atoms with E-state index in [4.69, 9.17) is 4.74 Å². The van der Waals surface area contributed by atoms with E-state index in [-0.39, 0.29) is 13.1 Å². The molecule has 0 aromatic carbocycles. The van der Waals surface area contributed by atoms with Crippen LogP contribution in [-0.4, -0.2) is 39.6 Å². The zero-order valence-electron chi connectivity index (χ0n) is 15.4. The van der Waals surface area contributed by atoms with Gasteiger partial charge in [0, 0.05) is 12.4 Å². The van der Waals surface area contributed by atoms with Crippen LogP contribution in [0, 0.1) is 0 Å². The molecule has 26 heavy (non-hydrogen) atoms. The molecule has 2 heterocycles. The number of methoxy groups -OCH3 is 1. The quantitative estimate of drug-likeness (QED) is 0.764. The Morgan fingerprint density at radius 1 is 1.04 bits per heavy atom. The summed E-state index contributed by atoms with van der Waals surface area (Å²) in [5.74, 6) is -0.457. The van der Waals surface area contributed by atoms with Crippen molar-refractivity contribution >= 4 is 12.1 Å². The minimum Gasteiger partial charge on any atom is -0.465 e. The minimum atomic E-state index is -0.610. The van der Waals surface area contributed by atoms with E-state index in [2.05, 4.69) is 14.7 Å². The van der Waals surface area contributed by atoms with Gasteiger partial charge in [0.25, 0.3) is 0 Å². The summed E-state index contributed by atoms with van der Waals surface area (Å²) in [6.07, 6.45) is 2.64. The van der Waals surface area contributed by atoms with Crippen LogP contribution in [0.5, 0.6) is 0 Å². The Hall–Kier alpha value is -2.96. The summed E-state index contributed by atoms with van der Waals surface area (Å²) < 4.78 is 10.1. The number of hydrogen-bond donors (Lipinski definition) is 0. The number of amides is 1. The smallest absolute Gasteiger partial charge is 0.410 e. The summed E-state index contributed by atoms with van der Waals surface area (Å²) in [5, 5.41) is 0. The maximum atomic E-state index is 12.6. The van der Waals surface area contributed by atoms with Crippen molar-refractivity contribution in [3.8, 4) is 0 Å². The van der Waals surface area contributed by atoms with Crippen LogP contribution in [0.25, 0.3) is 0 Å². The fraction of sp³-hybridized carbons (Fsp3) is 0.368. The van der Waals surface area contributed by atoms with Gasteiger partial charge in [-0.2, -0.15) is 0 Å². The lowest BCUT2D eigenvalue weighted by molar-refractivity contribution is 0.0211. The summed E-state index contributed by atoms with van der Waals surface area (Å²) in [7, 11) is 1.31. The number of carbonyl (C=O) groups is 2. The number of rotatable bonds is 5. The molecule has 0 saturated heterocycles. The first-order valence-electron chi connectivity index (χ1n) is 8.19. The number of pyridine rings is 2. The van der Waals surface area contributed by atoms with Crippen molar-refractivity contribution in [3.05, 3.63) is 59.7 Å². The second-order valence-corrected chi connectivity index (χ2v) is 6.69. The van der Waals surface area contributed by atoms with Crippen LogP contribution in [0.15, 0.2) is 42.7 Å².